The fraction of sp³-hybridized carbons (Fsp3) is 0.389. The van der Waals surface area contributed by atoms with E-state index in [9.17, 15) is 19.1 Å². The van der Waals surface area contributed by atoms with E-state index in [4.69, 9.17) is 4.74 Å². The smallest absolute Gasteiger partial charge is 0.311 e. The van der Waals surface area contributed by atoms with Crippen LogP contribution in [0.15, 0.2) is 30.5 Å². The molecule has 0 aliphatic carbocycles. The van der Waals surface area contributed by atoms with Gasteiger partial charge in [-0.2, -0.15) is 0 Å². The average Bonchev–Trinajstić information content (AvgIpc) is 3.01. The van der Waals surface area contributed by atoms with E-state index in [1.54, 1.807) is 18.3 Å². The number of rotatable bonds is 2. The van der Waals surface area contributed by atoms with Crippen molar-refractivity contribution in [1.82, 2.24) is 9.88 Å². The average molecular weight is 344 g/mol. The van der Waals surface area contributed by atoms with E-state index in [-0.39, 0.29) is 24.6 Å². The van der Waals surface area contributed by atoms with Crippen molar-refractivity contribution in [1.29, 1.82) is 0 Å². The van der Waals surface area contributed by atoms with Gasteiger partial charge in [-0.25, -0.2) is 4.39 Å². The fourth-order valence-corrected chi connectivity index (χ4v) is 3.94. The van der Waals surface area contributed by atoms with Gasteiger partial charge in [0.2, 0.25) is 0 Å². The molecule has 2 fully saturated rings. The number of aliphatic carboxylic acids is 1. The molecule has 2 aliphatic heterocycles. The van der Waals surface area contributed by atoms with Gasteiger partial charge in [0.05, 0.1) is 23.1 Å². The summed E-state index contributed by atoms with van der Waals surface area (Å²) in [6, 6.07) is 5.87. The van der Waals surface area contributed by atoms with Crippen molar-refractivity contribution in [3.8, 4) is 0 Å². The number of hydrogen-bond donors (Lipinski definition) is 1. The summed E-state index contributed by atoms with van der Waals surface area (Å²) in [5.41, 5.74) is -0.398. The first-order valence-corrected chi connectivity index (χ1v) is 8.16. The maximum atomic E-state index is 13.9. The first kappa shape index (κ1) is 16.0. The quantitative estimate of drug-likeness (QED) is 0.901. The Hall–Kier alpha value is -2.54. The largest absolute Gasteiger partial charge is 0.481 e. The van der Waals surface area contributed by atoms with Gasteiger partial charge in [0.25, 0.3) is 5.91 Å². The van der Waals surface area contributed by atoms with Crippen molar-refractivity contribution in [3.05, 3.63) is 41.8 Å². The minimum Gasteiger partial charge on any atom is -0.481 e. The molecule has 1 aromatic heterocycles. The van der Waals surface area contributed by atoms with Crippen LogP contribution in [0.2, 0.25) is 0 Å². The second-order valence-corrected chi connectivity index (χ2v) is 6.70. The summed E-state index contributed by atoms with van der Waals surface area (Å²) in [5, 5.41) is 10.3. The molecule has 2 aliphatic rings. The van der Waals surface area contributed by atoms with Gasteiger partial charge >= 0.3 is 5.97 Å². The number of carboxylic acids is 1. The monoisotopic (exact) mass is 344 g/mol. The maximum absolute atomic E-state index is 13.9. The van der Waals surface area contributed by atoms with Crippen LogP contribution in [0.4, 0.5) is 4.39 Å². The Morgan fingerprint density at radius 2 is 2.24 bits per heavy atom. The molecule has 0 bridgehead atoms. The summed E-state index contributed by atoms with van der Waals surface area (Å²) in [6.07, 6.45) is 1.92. The maximum Gasteiger partial charge on any atom is 0.311 e. The minimum atomic E-state index is -0.982. The molecule has 1 amide bonds. The summed E-state index contributed by atoms with van der Waals surface area (Å²) in [7, 11) is 0. The Balaban J connectivity index is 1.72. The van der Waals surface area contributed by atoms with Crippen LogP contribution in [0.5, 0.6) is 0 Å². The van der Waals surface area contributed by atoms with Gasteiger partial charge in [0, 0.05) is 37.2 Å². The van der Waals surface area contributed by atoms with Crippen molar-refractivity contribution in [2.75, 3.05) is 26.3 Å². The Kier molecular flexibility index (Phi) is 3.68. The van der Waals surface area contributed by atoms with Gasteiger partial charge in [0.15, 0.2) is 0 Å². The number of fused-ring (bicyclic) bond motifs is 2. The number of hydrogen-bond acceptors (Lipinski definition) is 4. The first-order valence-electron chi connectivity index (χ1n) is 8.16. The Morgan fingerprint density at radius 3 is 3.00 bits per heavy atom. The zero-order valence-corrected chi connectivity index (χ0v) is 13.4. The summed E-state index contributed by atoms with van der Waals surface area (Å²) in [5.74, 6) is -2.07. The van der Waals surface area contributed by atoms with Crippen molar-refractivity contribution in [2.45, 2.75) is 6.42 Å². The molecular formula is C18H17FN2O4. The number of nitrogens with zero attached hydrogens (tertiary/aromatic N) is 2. The molecule has 2 atom stereocenters. The van der Waals surface area contributed by atoms with Crippen LogP contribution in [0.25, 0.3) is 10.9 Å². The van der Waals surface area contributed by atoms with Crippen LogP contribution in [-0.4, -0.2) is 53.2 Å². The second-order valence-electron chi connectivity index (χ2n) is 6.70. The third kappa shape index (κ3) is 2.46. The van der Waals surface area contributed by atoms with Gasteiger partial charge in [-0.15, -0.1) is 0 Å². The SMILES string of the molecule is O=C(c1cc(F)cc2cccnc12)N1C[C@H]2COCC[C@@]2(C(=O)O)C1. The van der Waals surface area contributed by atoms with Crippen LogP contribution in [0.3, 0.4) is 0 Å². The Morgan fingerprint density at radius 1 is 1.40 bits per heavy atom. The lowest BCUT2D eigenvalue weighted by Crippen LogP contribution is -2.45. The fourth-order valence-electron chi connectivity index (χ4n) is 3.94. The number of likely N-dealkylation sites (tertiary alicyclic amines) is 1. The summed E-state index contributed by atoms with van der Waals surface area (Å²) in [4.78, 5) is 30.6. The second kappa shape index (κ2) is 5.77. The van der Waals surface area contributed by atoms with Crippen molar-refractivity contribution >= 4 is 22.8 Å². The molecular weight excluding hydrogens is 327 g/mol. The number of carbonyl (C=O) groups is 2. The molecule has 7 heteroatoms. The lowest BCUT2D eigenvalue weighted by atomic mass is 9.74. The predicted molar refractivity (Wildman–Crippen MR) is 86.6 cm³/mol. The van der Waals surface area contributed by atoms with Crippen molar-refractivity contribution < 1.29 is 23.8 Å². The number of amides is 1. The number of carboxylic acid groups (broad SMARTS) is 1. The van der Waals surface area contributed by atoms with Crippen LogP contribution in [-0.2, 0) is 9.53 Å². The van der Waals surface area contributed by atoms with Gasteiger partial charge in [-0.1, -0.05) is 6.07 Å². The van der Waals surface area contributed by atoms with Gasteiger partial charge in [-0.3, -0.25) is 14.6 Å². The van der Waals surface area contributed by atoms with E-state index in [1.807, 2.05) is 0 Å². The molecule has 3 heterocycles. The van der Waals surface area contributed by atoms with E-state index in [2.05, 4.69) is 4.98 Å². The highest BCUT2D eigenvalue weighted by atomic mass is 19.1. The predicted octanol–water partition coefficient (Wildman–Crippen LogP) is 1.94. The zero-order chi connectivity index (χ0) is 17.6. The van der Waals surface area contributed by atoms with Crippen LogP contribution >= 0.6 is 0 Å². The molecule has 0 spiro atoms. The van der Waals surface area contributed by atoms with E-state index < -0.39 is 23.1 Å². The molecule has 130 valence electrons. The minimum absolute atomic E-state index is 0.111. The van der Waals surface area contributed by atoms with Gasteiger partial charge in [0.1, 0.15) is 5.82 Å². The summed E-state index contributed by atoms with van der Waals surface area (Å²) < 4.78 is 19.3. The van der Waals surface area contributed by atoms with E-state index in [1.165, 1.54) is 17.0 Å². The number of carbonyl (C=O) groups excluding carboxylic acids is 1. The lowest BCUT2D eigenvalue weighted by Gasteiger charge is -2.33. The normalized spacial score (nSPS) is 25.8. The molecule has 0 saturated carbocycles. The highest BCUT2D eigenvalue weighted by Gasteiger charge is 2.55. The molecule has 0 radical (unpaired) electrons. The number of halogens is 1. The highest BCUT2D eigenvalue weighted by molar-refractivity contribution is 6.05. The lowest BCUT2D eigenvalue weighted by molar-refractivity contribution is -0.157. The summed E-state index contributed by atoms with van der Waals surface area (Å²) in [6.45, 7) is 1.09. The van der Waals surface area contributed by atoms with Gasteiger partial charge < -0.3 is 14.7 Å². The third-order valence-electron chi connectivity index (χ3n) is 5.32. The van der Waals surface area contributed by atoms with E-state index in [0.29, 0.717) is 30.5 Å². The first-order chi connectivity index (χ1) is 12.0. The molecule has 0 unspecified atom stereocenters. The highest BCUT2D eigenvalue weighted by Crippen LogP contribution is 2.43. The van der Waals surface area contributed by atoms with Crippen LogP contribution in [0, 0.1) is 17.2 Å². The topological polar surface area (TPSA) is 79.7 Å². The molecule has 1 aromatic carbocycles. The standard InChI is InChI=1S/C18H17FN2O4/c19-13-6-11-2-1-4-20-15(11)14(7-13)16(22)21-8-12-9-25-5-3-18(12,10-21)17(23)24/h1-2,4,6-7,12H,3,5,8-10H2,(H,23,24)/t12-,18+/m0/s1. The third-order valence-corrected chi connectivity index (χ3v) is 5.32. The molecule has 25 heavy (non-hydrogen) atoms. The Labute approximate surface area is 143 Å². The van der Waals surface area contributed by atoms with E-state index >= 15 is 0 Å². The summed E-state index contributed by atoms with van der Waals surface area (Å²) >= 11 is 0. The number of benzene rings is 1. The van der Waals surface area contributed by atoms with Crippen LogP contribution < -0.4 is 0 Å². The molecule has 2 aromatic rings. The molecule has 4 rings (SSSR count). The number of ether oxygens (including phenoxy) is 1. The number of aromatic nitrogens is 1. The van der Waals surface area contributed by atoms with Gasteiger partial charge in [-0.05, 0) is 24.6 Å². The van der Waals surface area contributed by atoms with Crippen molar-refractivity contribution in [2.24, 2.45) is 11.3 Å². The molecule has 1 N–H and O–H groups in total. The Bertz CT molecular complexity index is 871. The molecule has 6 nitrogen and oxygen atoms in total. The van der Waals surface area contributed by atoms with E-state index in [0.717, 1.165) is 0 Å². The van der Waals surface area contributed by atoms with Crippen molar-refractivity contribution in [3.63, 3.8) is 0 Å². The molecule has 2 saturated heterocycles. The zero-order valence-electron chi connectivity index (χ0n) is 13.4. The number of pyridine rings is 1. The van der Waals surface area contributed by atoms with Crippen LogP contribution in [0.1, 0.15) is 16.8 Å².